The minimum atomic E-state index is -1.43. The number of carboxylic acids is 1. The molecule has 1 saturated heterocycles. The van der Waals surface area contributed by atoms with Crippen molar-refractivity contribution in [3.8, 4) is 0 Å². The second kappa shape index (κ2) is 16.6. The number of hydrogen-bond donors (Lipinski definition) is 6. The second-order valence-corrected chi connectivity index (χ2v) is 11.4. The molecule has 14 heteroatoms. The lowest BCUT2D eigenvalue weighted by Crippen LogP contribution is -2.58. The summed E-state index contributed by atoms with van der Waals surface area (Å²) in [5.41, 5.74) is 8.73. The summed E-state index contributed by atoms with van der Waals surface area (Å²) in [6, 6.07) is 7.24. The second-order valence-electron chi connectivity index (χ2n) is 11.4. The van der Waals surface area contributed by atoms with Gasteiger partial charge in [-0.15, -0.1) is 0 Å². The third-order valence-corrected chi connectivity index (χ3v) is 6.72. The molecule has 5 atom stereocenters. The Hall–Kier alpha value is -4.04. The number of ether oxygens (including phenoxy) is 1. The van der Waals surface area contributed by atoms with Gasteiger partial charge < -0.3 is 31.5 Å². The first-order valence-corrected chi connectivity index (χ1v) is 14.4. The van der Waals surface area contributed by atoms with Crippen LogP contribution in [0.1, 0.15) is 53.0 Å². The standard InChI is InChI=1S/C29H44N6O8/c1-16(2)14-20(25(30)38)33-28(41)23-24(43-23)29(42)35(15-21(36)37)34-26(39)18(5)32-27(40)22(17(3)4)31-13-9-12-19-10-7-6-8-11-19/h6-8,10-11,16-18,20,22-24,31H,9,12-15H2,1-5H3,(H2,30,38)(H,32,40)(H,33,41)(H,34,39)(H,36,37)/t18-,20-,22-,23+,24+/m0/s1. The number of hydrazine groups is 1. The Morgan fingerprint density at radius 3 is 2.16 bits per heavy atom. The van der Waals surface area contributed by atoms with E-state index in [1.807, 2.05) is 58.0 Å². The number of carboxylic acid groups (broad SMARTS) is 1. The lowest BCUT2D eigenvalue weighted by atomic mass is 10.0. The third-order valence-electron chi connectivity index (χ3n) is 6.72. The number of nitrogens with two attached hydrogens (primary N) is 1. The lowest BCUT2D eigenvalue weighted by Gasteiger charge is -2.26. The number of amides is 5. The Balaban J connectivity index is 1.93. The van der Waals surface area contributed by atoms with E-state index in [0.717, 1.165) is 12.8 Å². The topological polar surface area (TPSA) is 213 Å². The largest absolute Gasteiger partial charge is 0.480 e. The fraction of sp³-hybridized carbons (Fsp3) is 0.586. The predicted octanol–water partition coefficient (Wildman–Crippen LogP) is -0.534. The van der Waals surface area contributed by atoms with E-state index in [1.165, 1.54) is 12.5 Å². The first-order valence-electron chi connectivity index (χ1n) is 14.4. The molecule has 1 fully saturated rings. The first kappa shape index (κ1) is 35.2. The summed E-state index contributed by atoms with van der Waals surface area (Å²) >= 11 is 0. The number of primary amides is 1. The molecule has 0 aliphatic carbocycles. The van der Waals surface area contributed by atoms with Gasteiger partial charge in [-0.3, -0.25) is 34.2 Å². The smallest absolute Gasteiger partial charge is 0.325 e. The number of carbonyl (C=O) groups excluding carboxylic acids is 5. The van der Waals surface area contributed by atoms with Crippen molar-refractivity contribution in [1.29, 1.82) is 0 Å². The number of aliphatic carboxylic acids is 1. The van der Waals surface area contributed by atoms with Gasteiger partial charge in [0.05, 0.1) is 6.04 Å². The summed E-state index contributed by atoms with van der Waals surface area (Å²) in [6.07, 6.45) is -0.748. The molecular formula is C29H44N6O8. The Morgan fingerprint density at radius 2 is 1.60 bits per heavy atom. The molecule has 1 heterocycles. The zero-order valence-corrected chi connectivity index (χ0v) is 25.3. The van der Waals surface area contributed by atoms with Crippen LogP contribution in [0.5, 0.6) is 0 Å². The molecule has 43 heavy (non-hydrogen) atoms. The molecule has 1 aromatic rings. The SMILES string of the molecule is CC(C)C[C@H](NC(=O)[C@@H]1O[C@H]1C(=O)N(CC(=O)O)NC(=O)[C@H](C)NC(=O)[C@@H](NCCCc1ccccc1)C(C)C)C(N)=O. The molecule has 238 valence electrons. The molecule has 1 aliphatic heterocycles. The number of rotatable bonds is 17. The summed E-state index contributed by atoms with van der Waals surface area (Å²) in [5, 5.41) is 18.1. The maximum Gasteiger partial charge on any atom is 0.325 e. The molecule has 0 unspecified atom stereocenters. The van der Waals surface area contributed by atoms with Crippen molar-refractivity contribution in [3.05, 3.63) is 35.9 Å². The van der Waals surface area contributed by atoms with Gasteiger partial charge in [-0.1, -0.05) is 58.0 Å². The highest BCUT2D eigenvalue weighted by Gasteiger charge is 2.53. The highest BCUT2D eigenvalue weighted by molar-refractivity contribution is 5.98. The van der Waals surface area contributed by atoms with Crippen LogP contribution in [-0.2, 0) is 39.9 Å². The highest BCUT2D eigenvalue weighted by atomic mass is 16.6. The van der Waals surface area contributed by atoms with Crippen LogP contribution >= 0.6 is 0 Å². The molecule has 0 aromatic heterocycles. The third kappa shape index (κ3) is 11.6. The number of benzene rings is 1. The van der Waals surface area contributed by atoms with Crippen LogP contribution in [0, 0.1) is 11.8 Å². The van der Waals surface area contributed by atoms with Gasteiger partial charge in [0.2, 0.25) is 11.8 Å². The van der Waals surface area contributed by atoms with Gasteiger partial charge in [0.25, 0.3) is 17.7 Å². The van der Waals surface area contributed by atoms with Crippen LogP contribution in [0.4, 0.5) is 0 Å². The highest BCUT2D eigenvalue weighted by Crippen LogP contribution is 2.24. The zero-order chi connectivity index (χ0) is 32.3. The van der Waals surface area contributed by atoms with Crippen LogP contribution < -0.4 is 27.1 Å². The molecule has 14 nitrogen and oxygen atoms in total. The number of aryl methyl sites for hydroxylation is 1. The maximum absolute atomic E-state index is 13.0. The number of nitrogens with zero attached hydrogens (tertiary/aromatic N) is 1. The molecule has 0 saturated carbocycles. The Labute approximate surface area is 251 Å². The molecule has 1 aliphatic rings. The normalized spacial score (nSPS) is 17.8. The molecule has 5 amide bonds. The number of carbonyl (C=O) groups is 6. The minimum absolute atomic E-state index is 0.0466. The van der Waals surface area contributed by atoms with Gasteiger partial charge in [-0.05, 0) is 50.1 Å². The van der Waals surface area contributed by atoms with Gasteiger partial charge in [0, 0.05) is 0 Å². The van der Waals surface area contributed by atoms with Gasteiger partial charge in [0.15, 0.2) is 12.2 Å². The van der Waals surface area contributed by atoms with E-state index >= 15 is 0 Å². The van der Waals surface area contributed by atoms with Crippen molar-refractivity contribution in [2.24, 2.45) is 17.6 Å². The summed E-state index contributed by atoms with van der Waals surface area (Å²) in [4.78, 5) is 74.4. The van der Waals surface area contributed by atoms with Crippen LogP contribution in [0.3, 0.4) is 0 Å². The minimum Gasteiger partial charge on any atom is -0.480 e. The van der Waals surface area contributed by atoms with E-state index in [1.54, 1.807) is 0 Å². The van der Waals surface area contributed by atoms with Crippen molar-refractivity contribution in [2.45, 2.75) is 84.2 Å². The molecule has 7 N–H and O–H groups in total. The van der Waals surface area contributed by atoms with Crippen LogP contribution in [0.25, 0.3) is 0 Å². The average Bonchev–Trinajstić information content (AvgIpc) is 3.72. The van der Waals surface area contributed by atoms with E-state index < -0.39 is 72.4 Å². The van der Waals surface area contributed by atoms with Crippen molar-refractivity contribution in [1.82, 2.24) is 26.4 Å². The summed E-state index contributed by atoms with van der Waals surface area (Å²) < 4.78 is 5.15. The first-order chi connectivity index (χ1) is 20.2. The Morgan fingerprint density at radius 1 is 0.953 bits per heavy atom. The van der Waals surface area contributed by atoms with Crippen LogP contribution in [0.15, 0.2) is 30.3 Å². The van der Waals surface area contributed by atoms with Gasteiger partial charge in [0.1, 0.15) is 18.6 Å². The molecule has 0 bridgehead atoms. The van der Waals surface area contributed by atoms with E-state index in [0.29, 0.717) is 11.6 Å². The van der Waals surface area contributed by atoms with Gasteiger partial charge in [-0.2, -0.15) is 0 Å². The van der Waals surface area contributed by atoms with E-state index in [-0.39, 0.29) is 18.3 Å². The van der Waals surface area contributed by atoms with Crippen molar-refractivity contribution >= 4 is 35.5 Å². The van der Waals surface area contributed by atoms with Gasteiger partial charge >= 0.3 is 5.97 Å². The summed E-state index contributed by atoms with van der Waals surface area (Å²) in [6.45, 7) is 8.45. The average molecular weight is 605 g/mol. The zero-order valence-electron chi connectivity index (χ0n) is 25.3. The number of epoxide rings is 1. The monoisotopic (exact) mass is 604 g/mol. The van der Waals surface area contributed by atoms with E-state index in [9.17, 15) is 33.9 Å². The van der Waals surface area contributed by atoms with Crippen molar-refractivity contribution in [3.63, 3.8) is 0 Å². The number of nitrogens with one attached hydrogen (secondary N) is 4. The Kier molecular flexibility index (Phi) is 13.5. The number of hydrogen-bond acceptors (Lipinski definition) is 8. The van der Waals surface area contributed by atoms with Crippen molar-refractivity contribution in [2.75, 3.05) is 13.1 Å². The fourth-order valence-electron chi connectivity index (χ4n) is 4.36. The summed E-state index contributed by atoms with van der Waals surface area (Å²) in [5.74, 6) is -5.24. The molecule has 1 aromatic carbocycles. The van der Waals surface area contributed by atoms with Crippen LogP contribution in [-0.4, -0.2) is 89.0 Å². The molecule has 2 rings (SSSR count). The predicted molar refractivity (Wildman–Crippen MR) is 156 cm³/mol. The Bertz CT molecular complexity index is 1150. The summed E-state index contributed by atoms with van der Waals surface area (Å²) in [7, 11) is 0. The van der Waals surface area contributed by atoms with E-state index in [2.05, 4.69) is 21.4 Å². The van der Waals surface area contributed by atoms with E-state index in [4.69, 9.17) is 10.5 Å². The lowest BCUT2D eigenvalue weighted by molar-refractivity contribution is -0.151. The maximum atomic E-state index is 13.0. The fourth-order valence-corrected chi connectivity index (χ4v) is 4.36. The molecular weight excluding hydrogens is 560 g/mol. The quantitative estimate of drug-likeness (QED) is 0.0765. The van der Waals surface area contributed by atoms with Crippen LogP contribution in [0.2, 0.25) is 0 Å². The molecule has 0 spiro atoms. The molecule has 0 radical (unpaired) electrons. The van der Waals surface area contributed by atoms with Crippen molar-refractivity contribution < 1.29 is 38.6 Å². The van der Waals surface area contributed by atoms with Gasteiger partial charge in [-0.25, -0.2) is 5.01 Å².